The Labute approximate surface area is 122 Å². The van der Waals surface area contributed by atoms with Crippen molar-refractivity contribution in [1.29, 1.82) is 0 Å². The molecule has 1 saturated heterocycles. The molecule has 1 atom stereocenters. The van der Waals surface area contributed by atoms with E-state index in [-0.39, 0.29) is 11.3 Å². The smallest absolute Gasteiger partial charge is 0.307 e. The van der Waals surface area contributed by atoms with Crippen LogP contribution in [0.4, 0.5) is 0 Å². The maximum absolute atomic E-state index is 12.1. The molecular formula is C13H17NO4S2. The Morgan fingerprint density at radius 1 is 1.35 bits per heavy atom. The quantitative estimate of drug-likeness (QED) is 0.831. The van der Waals surface area contributed by atoms with E-state index in [1.54, 1.807) is 11.8 Å². The Balaban J connectivity index is 1.99. The number of aliphatic carboxylic acids is 1. The Morgan fingerprint density at radius 3 is 2.60 bits per heavy atom. The van der Waals surface area contributed by atoms with Gasteiger partial charge in [0.2, 0.25) is 10.0 Å². The lowest BCUT2D eigenvalue weighted by molar-refractivity contribution is -0.136. The van der Waals surface area contributed by atoms with Crippen molar-refractivity contribution >= 4 is 27.8 Å². The number of rotatable bonds is 6. The van der Waals surface area contributed by atoms with Crippen molar-refractivity contribution < 1.29 is 18.3 Å². The van der Waals surface area contributed by atoms with E-state index in [2.05, 4.69) is 4.72 Å². The average molecular weight is 315 g/mol. The molecule has 0 aliphatic carbocycles. The molecule has 20 heavy (non-hydrogen) atoms. The third-order valence-corrected chi connectivity index (χ3v) is 5.95. The molecule has 0 radical (unpaired) electrons. The number of hydrogen-bond donors (Lipinski definition) is 2. The molecule has 0 bridgehead atoms. The number of carboxylic acids is 1. The van der Waals surface area contributed by atoms with Crippen molar-refractivity contribution in [2.75, 3.05) is 12.3 Å². The zero-order valence-corrected chi connectivity index (χ0v) is 12.5. The van der Waals surface area contributed by atoms with Gasteiger partial charge >= 0.3 is 5.97 Å². The summed E-state index contributed by atoms with van der Waals surface area (Å²) in [5.41, 5.74) is 0.586. The summed E-state index contributed by atoms with van der Waals surface area (Å²) in [6.45, 7) is 0.448. The Morgan fingerprint density at radius 2 is 2.05 bits per heavy atom. The average Bonchev–Trinajstić information content (AvgIpc) is 2.89. The zero-order chi connectivity index (χ0) is 14.6. The monoisotopic (exact) mass is 315 g/mol. The Bertz CT molecular complexity index is 563. The number of thioether (sulfide) groups is 1. The standard InChI is InChI=1S/C13H17NO4S2/c15-13(16)8-10-3-5-12(6-4-10)20(17,18)14-9-11-2-1-7-19-11/h3-6,11,14H,1-2,7-9H2,(H,15,16). The van der Waals surface area contributed by atoms with Crippen LogP contribution in [-0.4, -0.2) is 37.0 Å². The molecule has 1 unspecified atom stereocenters. The van der Waals surface area contributed by atoms with Crippen LogP contribution in [0, 0.1) is 0 Å². The minimum atomic E-state index is -3.50. The summed E-state index contributed by atoms with van der Waals surface area (Å²) in [7, 11) is -3.50. The minimum absolute atomic E-state index is 0.105. The molecule has 0 aromatic heterocycles. The van der Waals surface area contributed by atoms with Crippen molar-refractivity contribution in [2.24, 2.45) is 0 Å². The molecule has 1 aromatic rings. The van der Waals surface area contributed by atoms with Gasteiger partial charge in [-0.05, 0) is 36.3 Å². The maximum Gasteiger partial charge on any atom is 0.307 e. The second-order valence-corrected chi connectivity index (χ2v) is 7.88. The molecule has 110 valence electrons. The molecule has 7 heteroatoms. The summed E-state index contributed by atoms with van der Waals surface area (Å²) in [5, 5.41) is 9.03. The normalized spacial score (nSPS) is 19.1. The highest BCUT2D eigenvalue weighted by Gasteiger charge is 2.20. The number of hydrogen-bond acceptors (Lipinski definition) is 4. The third kappa shape index (κ3) is 4.22. The molecule has 1 aromatic carbocycles. The first kappa shape index (κ1) is 15.3. The van der Waals surface area contributed by atoms with Gasteiger partial charge in [0.05, 0.1) is 11.3 Å². The lowest BCUT2D eigenvalue weighted by Crippen LogP contribution is -2.29. The molecule has 1 aliphatic rings. The van der Waals surface area contributed by atoms with E-state index >= 15 is 0 Å². The van der Waals surface area contributed by atoms with E-state index in [1.807, 2.05) is 0 Å². The van der Waals surface area contributed by atoms with E-state index in [0.717, 1.165) is 18.6 Å². The molecule has 2 rings (SSSR count). The lowest BCUT2D eigenvalue weighted by atomic mass is 10.2. The van der Waals surface area contributed by atoms with Gasteiger partial charge in [-0.15, -0.1) is 0 Å². The second-order valence-electron chi connectivity index (χ2n) is 4.70. The fourth-order valence-electron chi connectivity index (χ4n) is 2.05. The molecule has 1 fully saturated rings. The summed E-state index contributed by atoms with van der Waals surface area (Å²) in [6, 6.07) is 5.96. The fourth-order valence-corrected chi connectivity index (χ4v) is 4.44. The van der Waals surface area contributed by atoms with Crippen LogP contribution in [-0.2, 0) is 21.2 Å². The van der Waals surface area contributed by atoms with Gasteiger partial charge < -0.3 is 5.11 Å². The van der Waals surface area contributed by atoms with Crippen molar-refractivity contribution in [1.82, 2.24) is 4.72 Å². The van der Waals surface area contributed by atoms with Gasteiger partial charge in [-0.1, -0.05) is 12.1 Å². The van der Waals surface area contributed by atoms with Crippen LogP contribution in [0.15, 0.2) is 29.2 Å². The summed E-state index contributed by atoms with van der Waals surface area (Å²) in [5.74, 6) is 0.160. The van der Waals surface area contributed by atoms with Crippen LogP contribution < -0.4 is 4.72 Å². The molecule has 0 amide bonds. The van der Waals surface area contributed by atoms with Crippen LogP contribution >= 0.6 is 11.8 Å². The van der Waals surface area contributed by atoms with Crippen LogP contribution in [0.25, 0.3) is 0 Å². The molecule has 1 heterocycles. The molecule has 0 saturated carbocycles. The number of carboxylic acid groups (broad SMARTS) is 1. The molecule has 0 spiro atoms. The van der Waals surface area contributed by atoms with E-state index < -0.39 is 16.0 Å². The van der Waals surface area contributed by atoms with Crippen molar-refractivity contribution in [3.05, 3.63) is 29.8 Å². The molecule has 2 N–H and O–H groups in total. The van der Waals surface area contributed by atoms with E-state index in [9.17, 15) is 13.2 Å². The number of nitrogens with one attached hydrogen (secondary N) is 1. The molecule has 5 nitrogen and oxygen atoms in total. The van der Waals surface area contributed by atoms with Crippen LogP contribution in [0.2, 0.25) is 0 Å². The number of carbonyl (C=O) groups is 1. The summed E-state index contributed by atoms with van der Waals surface area (Å²) >= 11 is 1.80. The van der Waals surface area contributed by atoms with Crippen LogP contribution in [0.3, 0.4) is 0 Å². The second kappa shape index (κ2) is 6.60. The third-order valence-electron chi connectivity index (χ3n) is 3.11. The van der Waals surface area contributed by atoms with Gasteiger partial charge in [0.15, 0.2) is 0 Å². The Hall–Kier alpha value is -1.05. The molecular weight excluding hydrogens is 298 g/mol. The van der Waals surface area contributed by atoms with Gasteiger partial charge in [0, 0.05) is 11.8 Å². The SMILES string of the molecule is O=C(O)Cc1ccc(S(=O)(=O)NCC2CCCS2)cc1. The molecule has 1 aliphatic heterocycles. The first-order valence-corrected chi connectivity index (χ1v) is 8.92. The highest BCUT2D eigenvalue weighted by Crippen LogP contribution is 2.25. The highest BCUT2D eigenvalue weighted by atomic mass is 32.2. The fraction of sp³-hybridized carbons (Fsp3) is 0.462. The van der Waals surface area contributed by atoms with Crippen LogP contribution in [0.1, 0.15) is 18.4 Å². The van der Waals surface area contributed by atoms with Gasteiger partial charge in [0.25, 0.3) is 0 Å². The predicted molar refractivity (Wildman–Crippen MR) is 78.5 cm³/mol. The lowest BCUT2D eigenvalue weighted by Gasteiger charge is -2.11. The maximum atomic E-state index is 12.1. The van der Waals surface area contributed by atoms with E-state index in [0.29, 0.717) is 17.4 Å². The predicted octanol–water partition coefficient (Wildman–Crippen LogP) is 1.49. The summed E-state index contributed by atoms with van der Waals surface area (Å²) in [4.78, 5) is 10.7. The Kier molecular flexibility index (Phi) is 5.06. The topological polar surface area (TPSA) is 83.5 Å². The van der Waals surface area contributed by atoms with Crippen molar-refractivity contribution in [3.8, 4) is 0 Å². The van der Waals surface area contributed by atoms with Gasteiger partial charge in [-0.2, -0.15) is 11.8 Å². The summed E-state index contributed by atoms with van der Waals surface area (Å²) < 4.78 is 26.8. The largest absolute Gasteiger partial charge is 0.481 e. The van der Waals surface area contributed by atoms with Crippen LogP contribution in [0.5, 0.6) is 0 Å². The number of sulfonamides is 1. The first-order valence-electron chi connectivity index (χ1n) is 6.39. The zero-order valence-electron chi connectivity index (χ0n) is 10.9. The summed E-state index contributed by atoms with van der Waals surface area (Å²) in [6.07, 6.45) is 2.08. The number of benzene rings is 1. The van der Waals surface area contributed by atoms with Gasteiger partial charge in [-0.3, -0.25) is 4.79 Å². The minimum Gasteiger partial charge on any atom is -0.481 e. The van der Waals surface area contributed by atoms with Crippen molar-refractivity contribution in [2.45, 2.75) is 29.4 Å². The van der Waals surface area contributed by atoms with E-state index in [4.69, 9.17) is 5.11 Å². The van der Waals surface area contributed by atoms with Crippen molar-refractivity contribution in [3.63, 3.8) is 0 Å². The van der Waals surface area contributed by atoms with E-state index in [1.165, 1.54) is 24.3 Å². The first-order chi connectivity index (χ1) is 9.47. The van der Waals surface area contributed by atoms with Gasteiger partial charge in [-0.25, -0.2) is 13.1 Å². The highest BCUT2D eigenvalue weighted by molar-refractivity contribution is 8.00. The van der Waals surface area contributed by atoms with Gasteiger partial charge in [0.1, 0.15) is 0 Å².